The van der Waals surface area contributed by atoms with E-state index in [0.717, 1.165) is 44.9 Å². The monoisotopic (exact) mass is 492 g/mol. The fourth-order valence-corrected chi connectivity index (χ4v) is 9.28. The Morgan fingerprint density at radius 1 is 0.971 bits per heavy atom. The Balaban J connectivity index is 1.75. The molecule has 7 nitrogen and oxygen atoms in total. The van der Waals surface area contributed by atoms with E-state index in [1.807, 2.05) is 0 Å². The summed E-state index contributed by atoms with van der Waals surface area (Å²) in [5.74, 6) is 0.481. The fraction of sp³-hybridized carbons (Fsp3) is 0.893. The van der Waals surface area contributed by atoms with Crippen LogP contribution in [0.25, 0.3) is 0 Å². The van der Waals surface area contributed by atoms with E-state index >= 15 is 0 Å². The summed E-state index contributed by atoms with van der Waals surface area (Å²) >= 11 is 0. The van der Waals surface area contributed by atoms with Gasteiger partial charge in [-0.3, -0.25) is 14.4 Å². The highest BCUT2D eigenvalue weighted by Crippen LogP contribution is 2.69. The van der Waals surface area contributed by atoms with Crippen molar-refractivity contribution in [3.8, 4) is 0 Å². The van der Waals surface area contributed by atoms with Gasteiger partial charge >= 0.3 is 17.9 Å². The van der Waals surface area contributed by atoms with Crippen LogP contribution in [0.3, 0.4) is 0 Å². The second kappa shape index (κ2) is 9.68. The molecule has 11 atom stereocenters. The Hall–Kier alpha value is -1.63. The third-order valence-corrected chi connectivity index (χ3v) is 10.8. The average Bonchev–Trinajstić information content (AvgIpc) is 3.13. The number of hydrogen-bond donors (Lipinski definition) is 1. The minimum absolute atomic E-state index is 0.00991. The van der Waals surface area contributed by atoms with Crippen molar-refractivity contribution in [3.63, 3.8) is 0 Å². The predicted octanol–water partition coefficient (Wildman–Crippen LogP) is 4.29. The number of aliphatic hydroxyl groups is 1. The maximum absolute atomic E-state index is 12.3. The van der Waals surface area contributed by atoms with Crippen molar-refractivity contribution in [1.29, 1.82) is 0 Å². The lowest BCUT2D eigenvalue weighted by molar-refractivity contribution is -0.223. The number of hydrogen-bond acceptors (Lipinski definition) is 7. The highest BCUT2D eigenvalue weighted by molar-refractivity contribution is 5.69. The molecule has 0 aliphatic heterocycles. The Morgan fingerprint density at radius 2 is 1.66 bits per heavy atom. The van der Waals surface area contributed by atoms with E-state index < -0.39 is 0 Å². The van der Waals surface area contributed by atoms with Crippen molar-refractivity contribution < 1.29 is 33.7 Å². The quantitative estimate of drug-likeness (QED) is 0.451. The van der Waals surface area contributed by atoms with Crippen LogP contribution in [0.5, 0.6) is 0 Å². The van der Waals surface area contributed by atoms with Crippen LogP contribution in [-0.4, -0.2) is 48.4 Å². The highest BCUT2D eigenvalue weighted by atomic mass is 16.5. The minimum atomic E-state index is -0.309. The van der Waals surface area contributed by atoms with Crippen molar-refractivity contribution >= 4 is 17.9 Å². The molecule has 11 unspecified atom stereocenters. The number of ether oxygens (including phenoxy) is 3. The van der Waals surface area contributed by atoms with Gasteiger partial charge in [0.1, 0.15) is 12.2 Å². The molecule has 7 heteroatoms. The van der Waals surface area contributed by atoms with Crippen molar-refractivity contribution in [1.82, 2.24) is 0 Å². The van der Waals surface area contributed by atoms with Gasteiger partial charge in [0.2, 0.25) is 0 Å². The Kier molecular flexibility index (Phi) is 7.31. The van der Waals surface area contributed by atoms with Gasteiger partial charge in [0.05, 0.1) is 13.2 Å². The summed E-state index contributed by atoms with van der Waals surface area (Å²) in [4.78, 5) is 36.7. The van der Waals surface area contributed by atoms with E-state index in [2.05, 4.69) is 20.8 Å². The normalized spacial score (nSPS) is 45.3. The number of aliphatic hydroxyl groups excluding tert-OH is 1. The van der Waals surface area contributed by atoms with Crippen molar-refractivity contribution in [3.05, 3.63) is 0 Å². The summed E-state index contributed by atoms with van der Waals surface area (Å²) in [6, 6.07) is 0. The van der Waals surface area contributed by atoms with Crippen LogP contribution < -0.4 is 0 Å². The molecule has 0 aromatic rings. The van der Waals surface area contributed by atoms with Crippen molar-refractivity contribution in [2.24, 2.45) is 46.3 Å². The Bertz CT molecular complexity index is 841. The summed E-state index contributed by atoms with van der Waals surface area (Å²) in [5, 5.41) is 10.5. The van der Waals surface area contributed by atoms with Gasteiger partial charge in [0, 0.05) is 31.6 Å². The topological polar surface area (TPSA) is 99.1 Å². The molecule has 198 valence electrons. The summed E-state index contributed by atoms with van der Waals surface area (Å²) in [6.07, 6.45) is 5.47. The molecule has 1 N–H and O–H groups in total. The minimum Gasteiger partial charge on any atom is -0.469 e. The van der Waals surface area contributed by atoms with Gasteiger partial charge in [-0.25, -0.2) is 0 Å². The average molecular weight is 493 g/mol. The van der Waals surface area contributed by atoms with Crippen LogP contribution in [0, 0.1) is 46.3 Å². The zero-order chi connectivity index (χ0) is 25.7. The van der Waals surface area contributed by atoms with Crippen molar-refractivity contribution in [2.45, 2.75) is 104 Å². The number of esters is 3. The van der Waals surface area contributed by atoms with E-state index in [4.69, 9.17) is 14.2 Å². The highest BCUT2D eigenvalue weighted by Gasteiger charge is 2.67. The Labute approximate surface area is 209 Å². The third-order valence-electron chi connectivity index (χ3n) is 10.8. The summed E-state index contributed by atoms with van der Waals surface area (Å²) in [7, 11) is 1.42. The van der Waals surface area contributed by atoms with Gasteiger partial charge in [0.15, 0.2) is 0 Å². The number of fused-ring (bicyclic) bond motifs is 5. The molecule has 0 heterocycles. The van der Waals surface area contributed by atoms with E-state index in [0.29, 0.717) is 6.42 Å². The molecular formula is C28H44O7. The molecule has 0 aromatic carbocycles. The van der Waals surface area contributed by atoms with Gasteiger partial charge in [-0.15, -0.1) is 0 Å². The Morgan fingerprint density at radius 3 is 2.29 bits per heavy atom. The van der Waals surface area contributed by atoms with Crippen molar-refractivity contribution in [2.75, 3.05) is 7.11 Å². The summed E-state index contributed by atoms with van der Waals surface area (Å²) in [6.45, 7) is 9.67. The maximum atomic E-state index is 12.3. The lowest BCUT2D eigenvalue weighted by Crippen LogP contribution is -2.63. The second-order valence-electron chi connectivity index (χ2n) is 12.4. The van der Waals surface area contributed by atoms with Gasteiger partial charge < -0.3 is 19.3 Å². The molecule has 4 aliphatic rings. The standard InChI is InChI=1S/C28H44O7/c1-15(11-25(32)33-6)20-7-8-21-26-22(14-24(28(20,21)5)35-17(3)30)27(4)10-9-19(31)12-18(27)13-23(26)34-16(2)29/h15,18-24,26,31H,7-14H2,1-6H3. The van der Waals surface area contributed by atoms with Gasteiger partial charge in [-0.2, -0.15) is 0 Å². The predicted molar refractivity (Wildman–Crippen MR) is 129 cm³/mol. The molecule has 0 radical (unpaired) electrons. The molecular weight excluding hydrogens is 448 g/mol. The van der Waals surface area contributed by atoms with Gasteiger partial charge in [-0.05, 0) is 80.0 Å². The number of methoxy groups -OCH3 is 1. The van der Waals surface area contributed by atoms with Gasteiger partial charge in [-0.1, -0.05) is 20.8 Å². The molecule has 4 fully saturated rings. The first kappa shape index (κ1) is 26.4. The van der Waals surface area contributed by atoms with Crippen LogP contribution in [0.15, 0.2) is 0 Å². The molecule has 0 aromatic heterocycles. The summed E-state index contributed by atoms with van der Waals surface area (Å²) < 4.78 is 17.1. The number of rotatable bonds is 5. The zero-order valence-electron chi connectivity index (χ0n) is 22.2. The molecule has 4 aliphatic carbocycles. The molecule has 35 heavy (non-hydrogen) atoms. The van der Waals surface area contributed by atoms with Crippen LogP contribution in [0.1, 0.15) is 86.0 Å². The molecule has 0 bridgehead atoms. The lowest BCUT2D eigenvalue weighted by atomic mass is 9.43. The van der Waals surface area contributed by atoms with Gasteiger partial charge in [0.25, 0.3) is 0 Å². The van der Waals surface area contributed by atoms with Crippen LogP contribution in [0.4, 0.5) is 0 Å². The lowest BCUT2D eigenvalue weighted by Gasteiger charge is -2.64. The first-order valence-electron chi connectivity index (χ1n) is 13.5. The maximum Gasteiger partial charge on any atom is 0.305 e. The van der Waals surface area contributed by atoms with Crippen LogP contribution in [-0.2, 0) is 28.6 Å². The summed E-state index contributed by atoms with van der Waals surface area (Å²) in [5.41, 5.74) is -0.300. The third kappa shape index (κ3) is 4.51. The second-order valence-corrected chi connectivity index (χ2v) is 12.4. The molecule has 0 saturated heterocycles. The molecule has 0 amide bonds. The first-order chi connectivity index (χ1) is 16.4. The number of carbonyl (C=O) groups excluding carboxylic acids is 3. The molecule has 4 rings (SSSR count). The zero-order valence-corrected chi connectivity index (χ0v) is 22.2. The number of carbonyl (C=O) groups is 3. The van der Waals surface area contributed by atoms with E-state index in [1.54, 1.807) is 0 Å². The van der Waals surface area contributed by atoms with E-state index in [9.17, 15) is 19.5 Å². The molecule has 4 saturated carbocycles. The van der Waals surface area contributed by atoms with Crippen LogP contribution >= 0.6 is 0 Å². The SMILES string of the molecule is COC(=O)CC(C)C1CCC2C3C(OC(C)=O)CC4CC(O)CCC4(C)C3CC(OC(C)=O)C12C. The molecule has 0 spiro atoms. The van der Waals surface area contributed by atoms with Crippen LogP contribution in [0.2, 0.25) is 0 Å². The van der Waals surface area contributed by atoms with E-state index in [1.165, 1.54) is 21.0 Å². The largest absolute Gasteiger partial charge is 0.469 e. The first-order valence-corrected chi connectivity index (χ1v) is 13.5. The fourth-order valence-electron chi connectivity index (χ4n) is 9.28. The smallest absolute Gasteiger partial charge is 0.305 e. The van der Waals surface area contributed by atoms with E-state index in [-0.39, 0.29) is 82.6 Å².